The van der Waals surface area contributed by atoms with Crippen LogP contribution in [0.3, 0.4) is 0 Å². The number of nitrogen functional groups attached to an aromatic ring is 1. The Morgan fingerprint density at radius 3 is 2.53 bits per heavy atom. The molecule has 3 aromatic rings. The van der Waals surface area contributed by atoms with Crippen molar-refractivity contribution in [1.82, 2.24) is 14.8 Å². The van der Waals surface area contributed by atoms with Crippen molar-refractivity contribution < 1.29 is 14.3 Å². The molecule has 0 aliphatic carbocycles. The number of hydrogen-bond donors (Lipinski definition) is 3. The van der Waals surface area contributed by atoms with Gasteiger partial charge < -0.3 is 26.0 Å². The number of pyridine rings is 1. The van der Waals surface area contributed by atoms with Crippen LogP contribution in [0.1, 0.15) is 33.6 Å². The maximum atomic E-state index is 13.3. The Hall–Kier alpha value is -3.95. The minimum absolute atomic E-state index is 0.170. The molecule has 0 saturated carbocycles. The van der Waals surface area contributed by atoms with Crippen LogP contribution in [-0.2, 0) is 11.3 Å². The first kappa shape index (κ1) is 27.1. The summed E-state index contributed by atoms with van der Waals surface area (Å²) in [5, 5.41) is 5.82. The monoisotopic (exact) mass is 516 g/mol. The van der Waals surface area contributed by atoms with Crippen molar-refractivity contribution in [3.8, 4) is 0 Å². The zero-order chi connectivity index (χ0) is 26.9. The molecule has 1 aliphatic heterocycles. The van der Waals surface area contributed by atoms with Gasteiger partial charge in [-0.2, -0.15) is 0 Å². The van der Waals surface area contributed by atoms with Crippen molar-refractivity contribution in [2.75, 3.05) is 55.8 Å². The van der Waals surface area contributed by atoms with Gasteiger partial charge in [0.1, 0.15) is 5.69 Å². The largest absolute Gasteiger partial charge is 0.397 e. The molecule has 0 unspecified atom stereocenters. The molecule has 0 radical (unpaired) electrons. The zero-order valence-electron chi connectivity index (χ0n) is 22.1. The van der Waals surface area contributed by atoms with E-state index >= 15 is 0 Å². The number of morpholine rings is 1. The molecule has 200 valence electrons. The summed E-state index contributed by atoms with van der Waals surface area (Å²) >= 11 is 0. The number of benzene rings is 2. The van der Waals surface area contributed by atoms with E-state index in [0.717, 1.165) is 56.1 Å². The summed E-state index contributed by atoms with van der Waals surface area (Å²) in [5.74, 6) is -0.343. The molecule has 4 rings (SSSR count). The number of urea groups is 1. The number of carbonyl (C=O) groups excluding carboxylic acids is 2. The van der Waals surface area contributed by atoms with Gasteiger partial charge >= 0.3 is 6.03 Å². The highest BCUT2D eigenvalue weighted by Gasteiger charge is 2.17. The van der Waals surface area contributed by atoms with E-state index in [1.165, 1.54) is 5.56 Å². The lowest BCUT2D eigenvalue weighted by molar-refractivity contribution is 0.0365. The number of amides is 3. The number of nitrogens with two attached hydrogens (primary N) is 1. The van der Waals surface area contributed by atoms with Gasteiger partial charge in [0, 0.05) is 44.6 Å². The van der Waals surface area contributed by atoms with Crippen LogP contribution in [0.15, 0.2) is 60.8 Å². The van der Waals surface area contributed by atoms with Gasteiger partial charge in [0.25, 0.3) is 5.91 Å². The number of rotatable bonds is 9. The van der Waals surface area contributed by atoms with Crippen molar-refractivity contribution >= 4 is 29.0 Å². The zero-order valence-corrected chi connectivity index (χ0v) is 22.1. The maximum absolute atomic E-state index is 13.3. The van der Waals surface area contributed by atoms with Crippen molar-refractivity contribution in [2.45, 2.75) is 26.8 Å². The molecule has 9 heteroatoms. The number of nitrogens with zero attached hydrogens (tertiary/aromatic N) is 3. The number of aryl methyl sites for hydroxylation is 2. The van der Waals surface area contributed by atoms with Crippen molar-refractivity contribution in [3.05, 3.63) is 83.2 Å². The fourth-order valence-corrected chi connectivity index (χ4v) is 4.25. The normalized spacial score (nSPS) is 13.6. The van der Waals surface area contributed by atoms with Gasteiger partial charge in [0.15, 0.2) is 0 Å². The van der Waals surface area contributed by atoms with Gasteiger partial charge in [-0.3, -0.25) is 14.7 Å². The Morgan fingerprint density at radius 2 is 1.82 bits per heavy atom. The number of hydrogen-bond acceptors (Lipinski definition) is 6. The van der Waals surface area contributed by atoms with Gasteiger partial charge in [-0.05, 0) is 67.3 Å². The topological polar surface area (TPSA) is 113 Å². The maximum Gasteiger partial charge on any atom is 0.322 e. The minimum Gasteiger partial charge on any atom is -0.397 e. The predicted molar refractivity (Wildman–Crippen MR) is 150 cm³/mol. The van der Waals surface area contributed by atoms with Gasteiger partial charge in [-0.1, -0.05) is 24.3 Å². The molecule has 1 saturated heterocycles. The number of anilines is 3. The second kappa shape index (κ2) is 13.0. The Kier molecular flexibility index (Phi) is 9.29. The average Bonchev–Trinajstić information content (AvgIpc) is 2.92. The van der Waals surface area contributed by atoms with Crippen LogP contribution in [0.2, 0.25) is 0 Å². The van der Waals surface area contributed by atoms with E-state index in [0.29, 0.717) is 24.5 Å². The molecule has 1 aliphatic rings. The van der Waals surface area contributed by atoms with E-state index in [9.17, 15) is 9.59 Å². The fraction of sp³-hybridized carbons (Fsp3) is 0.345. The Bertz CT molecular complexity index is 1240. The summed E-state index contributed by atoms with van der Waals surface area (Å²) in [6, 6.07) is 16.3. The first-order valence-electron chi connectivity index (χ1n) is 12.9. The molecule has 3 amide bonds. The van der Waals surface area contributed by atoms with Crippen LogP contribution < -0.4 is 16.4 Å². The quantitative estimate of drug-likeness (QED) is 0.366. The Morgan fingerprint density at radius 1 is 1.03 bits per heavy atom. The van der Waals surface area contributed by atoms with Gasteiger partial charge in [0.05, 0.1) is 24.6 Å². The molecule has 38 heavy (non-hydrogen) atoms. The summed E-state index contributed by atoms with van der Waals surface area (Å²) in [6.45, 7) is 9.26. The molecular formula is C29H36N6O3. The van der Waals surface area contributed by atoms with Crippen LogP contribution in [0.5, 0.6) is 0 Å². The smallest absolute Gasteiger partial charge is 0.322 e. The Labute approximate surface area is 224 Å². The van der Waals surface area contributed by atoms with Crippen LogP contribution >= 0.6 is 0 Å². The van der Waals surface area contributed by atoms with Gasteiger partial charge in [-0.15, -0.1) is 0 Å². The predicted octanol–water partition coefficient (Wildman–Crippen LogP) is 4.29. The number of nitrogens with one attached hydrogen (secondary N) is 2. The molecule has 2 heterocycles. The van der Waals surface area contributed by atoms with E-state index in [4.69, 9.17) is 10.5 Å². The van der Waals surface area contributed by atoms with E-state index in [2.05, 4.69) is 20.5 Å². The Balaban J connectivity index is 1.41. The summed E-state index contributed by atoms with van der Waals surface area (Å²) in [5.41, 5.74) is 11.1. The molecule has 4 N–H and O–H groups in total. The minimum atomic E-state index is -0.343. The first-order valence-corrected chi connectivity index (χ1v) is 12.9. The van der Waals surface area contributed by atoms with E-state index in [1.54, 1.807) is 41.4 Å². The van der Waals surface area contributed by atoms with Gasteiger partial charge in [-0.25, -0.2) is 4.79 Å². The van der Waals surface area contributed by atoms with E-state index in [-0.39, 0.29) is 17.6 Å². The lowest BCUT2D eigenvalue weighted by atomic mass is 10.1. The number of carbonyl (C=O) groups is 2. The highest BCUT2D eigenvalue weighted by atomic mass is 16.5. The molecule has 2 aromatic carbocycles. The molecule has 9 nitrogen and oxygen atoms in total. The molecule has 1 aromatic heterocycles. The highest BCUT2D eigenvalue weighted by Crippen LogP contribution is 2.18. The lowest BCUT2D eigenvalue weighted by Crippen LogP contribution is -2.40. The second-order valence-electron chi connectivity index (χ2n) is 9.55. The summed E-state index contributed by atoms with van der Waals surface area (Å²) in [7, 11) is 0. The number of aromatic nitrogens is 1. The summed E-state index contributed by atoms with van der Waals surface area (Å²) in [6.07, 6.45) is 2.48. The van der Waals surface area contributed by atoms with Gasteiger partial charge in [0.2, 0.25) is 0 Å². The van der Waals surface area contributed by atoms with Crippen LogP contribution in [0.25, 0.3) is 0 Å². The van der Waals surface area contributed by atoms with Crippen LogP contribution in [0, 0.1) is 13.8 Å². The third-order valence-electron chi connectivity index (χ3n) is 6.69. The second-order valence-corrected chi connectivity index (χ2v) is 9.55. The third-order valence-corrected chi connectivity index (χ3v) is 6.69. The average molecular weight is 517 g/mol. The van der Waals surface area contributed by atoms with E-state index in [1.807, 2.05) is 38.1 Å². The van der Waals surface area contributed by atoms with Crippen molar-refractivity contribution in [2.24, 2.45) is 0 Å². The molecular weight excluding hydrogens is 480 g/mol. The summed E-state index contributed by atoms with van der Waals surface area (Å²) in [4.78, 5) is 34.4. The summed E-state index contributed by atoms with van der Waals surface area (Å²) < 4.78 is 5.44. The lowest BCUT2D eigenvalue weighted by Gasteiger charge is -2.28. The standard InChI is InChI=1S/C29H36N6O3/c1-21-8-10-24(18-22(21)2)32-29(37)35(13-5-12-34-14-16-38-17-15-34)20-23-9-11-27(31-19-23)28(36)33-26-7-4-3-6-25(26)30/h3-4,6-11,18-19H,5,12-17,20,30H2,1-2H3,(H,32,37)(H,33,36). The molecule has 0 atom stereocenters. The van der Waals surface area contributed by atoms with Crippen LogP contribution in [-0.4, -0.2) is 66.1 Å². The number of para-hydroxylation sites is 2. The van der Waals surface area contributed by atoms with Crippen LogP contribution in [0.4, 0.5) is 21.9 Å². The van der Waals surface area contributed by atoms with E-state index < -0.39 is 0 Å². The molecule has 0 bridgehead atoms. The highest BCUT2D eigenvalue weighted by molar-refractivity contribution is 6.04. The van der Waals surface area contributed by atoms with Crippen molar-refractivity contribution in [3.63, 3.8) is 0 Å². The molecule has 1 fully saturated rings. The number of ether oxygens (including phenoxy) is 1. The first-order chi connectivity index (χ1) is 18.4. The third kappa shape index (κ3) is 7.53. The SMILES string of the molecule is Cc1ccc(NC(=O)N(CCCN2CCOCC2)Cc2ccc(C(=O)Nc3ccccc3N)nc2)cc1C. The fourth-order valence-electron chi connectivity index (χ4n) is 4.25. The van der Waals surface area contributed by atoms with Crippen molar-refractivity contribution in [1.29, 1.82) is 0 Å². The molecule has 0 spiro atoms.